The fraction of sp³-hybridized carbons (Fsp3) is 0.286. The first kappa shape index (κ1) is 9.71. The van der Waals surface area contributed by atoms with Crippen LogP contribution >= 0.6 is 11.5 Å². The number of nitrogens with zero attached hydrogens (tertiary/aromatic N) is 4. The summed E-state index contributed by atoms with van der Waals surface area (Å²) in [4.78, 5) is 12.0. The van der Waals surface area contributed by atoms with Gasteiger partial charge < -0.3 is 4.74 Å². The van der Waals surface area contributed by atoms with Crippen LogP contribution in [0, 0.1) is 0 Å². The number of hydrogen-bond acceptors (Lipinski definition) is 7. The number of hydrogen-bond donors (Lipinski definition) is 1. The second kappa shape index (κ2) is 4.13. The second-order valence-electron chi connectivity index (χ2n) is 2.53. The van der Waals surface area contributed by atoms with Gasteiger partial charge in [-0.3, -0.25) is 0 Å². The molecule has 7 nitrogen and oxygen atoms in total. The summed E-state index contributed by atoms with van der Waals surface area (Å²) in [5, 5.41) is 13.7. The summed E-state index contributed by atoms with van der Waals surface area (Å²) >= 11 is 1.08. The average molecular weight is 225 g/mol. The minimum atomic E-state index is -0.496. The number of carbonyl (C=O) groups is 1. The number of nitrogens with one attached hydrogen (secondary N) is 1. The lowest BCUT2D eigenvalue weighted by Gasteiger charge is -1.97. The zero-order chi connectivity index (χ0) is 10.7. The summed E-state index contributed by atoms with van der Waals surface area (Å²) in [5.74, 6) is -0.496. The highest BCUT2D eigenvalue weighted by molar-refractivity contribution is 7.09. The molecular weight excluding hydrogens is 218 g/mol. The molecule has 0 unspecified atom stereocenters. The third kappa shape index (κ3) is 1.84. The van der Waals surface area contributed by atoms with Gasteiger partial charge in [0.1, 0.15) is 10.6 Å². The van der Waals surface area contributed by atoms with Crippen LogP contribution in [0.15, 0.2) is 6.20 Å². The molecule has 2 rings (SSSR count). The molecule has 0 bridgehead atoms. The Bertz CT molecular complexity index is 452. The van der Waals surface area contributed by atoms with Crippen LogP contribution in [0.1, 0.15) is 17.4 Å². The molecular formula is C7H7N5O2S. The molecule has 1 N–H and O–H groups in total. The number of esters is 1. The van der Waals surface area contributed by atoms with Gasteiger partial charge in [0.15, 0.2) is 5.69 Å². The van der Waals surface area contributed by atoms with Crippen LogP contribution in [0.5, 0.6) is 0 Å². The molecule has 0 atom stereocenters. The van der Waals surface area contributed by atoms with Gasteiger partial charge in [-0.25, -0.2) is 4.79 Å². The molecule has 0 aliphatic rings. The molecule has 15 heavy (non-hydrogen) atoms. The summed E-state index contributed by atoms with van der Waals surface area (Å²) in [6.45, 7) is 2.03. The molecule has 8 heteroatoms. The zero-order valence-electron chi connectivity index (χ0n) is 7.80. The summed E-state index contributed by atoms with van der Waals surface area (Å²) in [7, 11) is 0. The quantitative estimate of drug-likeness (QED) is 0.764. The molecule has 78 valence electrons. The number of ether oxygens (including phenoxy) is 1. The highest BCUT2D eigenvalue weighted by Crippen LogP contribution is 2.23. The van der Waals surface area contributed by atoms with Crippen molar-refractivity contribution in [3.05, 3.63) is 11.9 Å². The van der Waals surface area contributed by atoms with E-state index in [9.17, 15) is 4.79 Å². The van der Waals surface area contributed by atoms with E-state index in [0.717, 1.165) is 11.5 Å². The van der Waals surface area contributed by atoms with Gasteiger partial charge in [-0.2, -0.15) is 15.4 Å². The predicted molar refractivity (Wildman–Crippen MR) is 51.2 cm³/mol. The van der Waals surface area contributed by atoms with Crippen molar-refractivity contribution in [3.63, 3.8) is 0 Å². The van der Waals surface area contributed by atoms with Crippen molar-refractivity contribution in [2.45, 2.75) is 6.92 Å². The summed E-state index contributed by atoms with van der Waals surface area (Å²) in [6, 6.07) is 0. The Morgan fingerprint density at radius 3 is 3.20 bits per heavy atom. The molecule has 2 aromatic heterocycles. The highest BCUT2D eigenvalue weighted by Gasteiger charge is 2.20. The Morgan fingerprint density at radius 1 is 1.67 bits per heavy atom. The van der Waals surface area contributed by atoms with E-state index < -0.39 is 5.97 Å². The molecule has 0 radical (unpaired) electrons. The van der Waals surface area contributed by atoms with Crippen LogP contribution in [0.2, 0.25) is 0 Å². The van der Waals surface area contributed by atoms with Gasteiger partial charge in [-0.05, 0) is 18.5 Å². The van der Waals surface area contributed by atoms with Gasteiger partial charge in [0.05, 0.1) is 12.8 Å². The Morgan fingerprint density at radius 2 is 2.53 bits per heavy atom. The van der Waals surface area contributed by atoms with E-state index in [-0.39, 0.29) is 5.69 Å². The molecule has 2 aromatic rings. The van der Waals surface area contributed by atoms with Crippen molar-refractivity contribution >= 4 is 17.5 Å². The van der Waals surface area contributed by atoms with Crippen molar-refractivity contribution in [2.24, 2.45) is 0 Å². The normalized spacial score (nSPS) is 10.2. The lowest BCUT2D eigenvalue weighted by atomic mass is 10.3. The SMILES string of the molecule is CCOC(=O)c1nnsc1-c1cn[nH]n1. The van der Waals surface area contributed by atoms with Crippen LogP contribution < -0.4 is 0 Å². The monoisotopic (exact) mass is 225 g/mol. The lowest BCUT2D eigenvalue weighted by molar-refractivity contribution is 0.0520. The number of carbonyl (C=O) groups excluding carboxylic acids is 1. The molecule has 0 aromatic carbocycles. The second-order valence-corrected chi connectivity index (χ2v) is 3.28. The van der Waals surface area contributed by atoms with Gasteiger partial charge in [0, 0.05) is 0 Å². The topological polar surface area (TPSA) is 93.6 Å². The summed E-state index contributed by atoms with van der Waals surface area (Å²) < 4.78 is 8.52. The molecule has 0 aliphatic carbocycles. The van der Waals surface area contributed by atoms with Crippen LogP contribution in [-0.2, 0) is 4.74 Å². The smallest absolute Gasteiger partial charge is 0.360 e. The summed E-state index contributed by atoms with van der Waals surface area (Å²) in [5.41, 5.74) is 0.712. The largest absolute Gasteiger partial charge is 0.461 e. The fourth-order valence-corrected chi connectivity index (χ4v) is 1.61. The number of H-pyrrole nitrogens is 1. The molecule has 0 saturated heterocycles. The maximum Gasteiger partial charge on any atom is 0.360 e. The zero-order valence-corrected chi connectivity index (χ0v) is 8.61. The number of rotatable bonds is 3. The highest BCUT2D eigenvalue weighted by atomic mass is 32.1. The van der Waals surface area contributed by atoms with Crippen LogP contribution in [-0.4, -0.2) is 37.6 Å². The van der Waals surface area contributed by atoms with Gasteiger partial charge >= 0.3 is 5.97 Å². The van der Waals surface area contributed by atoms with Crippen LogP contribution in [0.4, 0.5) is 0 Å². The maximum absolute atomic E-state index is 11.4. The van der Waals surface area contributed by atoms with E-state index in [1.165, 1.54) is 6.20 Å². The Kier molecular flexibility index (Phi) is 2.68. The van der Waals surface area contributed by atoms with Gasteiger partial charge in [0.25, 0.3) is 0 Å². The van der Waals surface area contributed by atoms with Crippen molar-refractivity contribution in [1.82, 2.24) is 25.0 Å². The molecule has 2 heterocycles. The standard InChI is InChI=1S/C7H7N5O2S/c1-2-14-7(13)5-6(15-12-10-5)4-3-8-11-9-4/h3H,2H2,1H3,(H,8,9,11). The minimum absolute atomic E-state index is 0.177. The van der Waals surface area contributed by atoms with Crippen molar-refractivity contribution < 1.29 is 9.53 Å². The van der Waals surface area contributed by atoms with E-state index in [0.29, 0.717) is 17.2 Å². The molecule has 0 aliphatic heterocycles. The first-order valence-electron chi connectivity index (χ1n) is 4.18. The third-order valence-electron chi connectivity index (χ3n) is 1.60. The first-order chi connectivity index (χ1) is 7.33. The third-order valence-corrected chi connectivity index (χ3v) is 2.35. The van der Waals surface area contributed by atoms with E-state index in [1.54, 1.807) is 6.92 Å². The first-order valence-corrected chi connectivity index (χ1v) is 4.96. The Hall–Kier alpha value is -1.83. The van der Waals surface area contributed by atoms with Gasteiger partial charge in [0.2, 0.25) is 0 Å². The van der Waals surface area contributed by atoms with E-state index in [2.05, 4.69) is 25.0 Å². The average Bonchev–Trinajstić information content (AvgIpc) is 2.88. The van der Waals surface area contributed by atoms with Gasteiger partial charge in [-0.15, -0.1) is 5.10 Å². The lowest BCUT2D eigenvalue weighted by Crippen LogP contribution is -2.06. The predicted octanol–water partition coefficient (Wildman–Crippen LogP) is 0.500. The van der Waals surface area contributed by atoms with Crippen molar-refractivity contribution in [3.8, 4) is 10.6 Å². The van der Waals surface area contributed by atoms with E-state index in [4.69, 9.17) is 4.74 Å². The van der Waals surface area contributed by atoms with Crippen LogP contribution in [0.25, 0.3) is 10.6 Å². The maximum atomic E-state index is 11.4. The van der Waals surface area contributed by atoms with Crippen LogP contribution in [0.3, 0.4) is 0 Å². The minimum Gasteiger partial charge on any atom is -0.461 e. The van der Waals surface area contributed by atoms with E-state index >= 15 is 0 Å². The Labute approximate surface area is 88.6 Å². The van der Waals surface area contributed by atoms with E-state index in [1.807, 2.05) is 0 Å². The Balaban J connectivity index is 2.34. The molecule has 0 fully saturated rings. The molecule has 0 saturated carbocycles. The van der Waals surface area contributed by atoms with Crippen molar-refractivity contribution in [1.29, 1.82) is 0 Å². The van der Waals surface area contributed by atoms with Gasteiger partial charge in [-0.1, -0.05) is 4.49 Å². The van der Waals surface area contributed by atoms with Crippen molar-refractivity contribution in [2.75, 3.05) is 6.61 Å². The molecule has 0 spiro atoms. The fourth-order valence-electron chi connectivity index (χ4n) is 1.00. The molecule has 0 amide bonds. The number of aromatic nitrogens is 5. The summed E-state index contributed by atoms with van der Waals surface area (Å²) in [6.07, 6.45) is 1.50. The number of aromatic amines is 1.